The number of carbonyl (C=O) groups is 3. The Morgan fingerprint density at radius 2 is 2.15 bits per heavy atom. The fraction of sp³-hybridized carbons (Fsp3) is 0.529. The van der Waals surface area contributed by atoms with E-state index in [9.17, 15) is 14.4 Å². The van der Waals surface area contributed by atoms with E-state index in [1.807, 2.05) is 0 Å². The number of fused-ring (bicyclic) bond motifs is 1. The molecule has 9 nitrogen and oxygen atoms in total. The van der Waals surface area contributed by atoms with Gasteiger partial charge in [-0.2, -0.15) is 0 Å². The first-order valence-corrected chi connectivity index (χ1v) is 9.49. The van der Waals surface area contributed by atoms with E-state index in [0.29, 0.717) is 11.7 Å². The number of H-pyrrole nitrogens is 1. The lowest BCUT2D eigenvalue weighted by Gasteiger charge is -2.49. The zero-order chi connectivity index (χ0) is 19.8. The van der Waals surface area contributed by atoms with E-state index in [0.717, 1.165) is 5.57 Å². The Hall–Kier alpha value is -2.49. The summed E-state index contributed by atoms with van der Waals surface area (Å²) in [6.45, 7) is 6.41. The minimum absolute atomic E-state index is 0.216. The molecule has 0 radical (unpaired) electrons. The molecule has 2 atom stereocenters. The van der Waals surface area contributed by atoms with E-state index in [1.165, 1.54) is 4.90 Å². The monoisotopic (exact) mass is 394 g/mol. The van der Waals surface area contributed by atoms with Crippen molar-refractivity contribution in [1.82, 2.24) is 14.9 Å². The first-order chi connectivity index (χ1) is 12.7. The Morgan fingerprint density at radius 1 is 1.41 bits per heavy atom. The molecular formula is C17H22N4O5S. The lowest BCUT2D eigenvalue weighted by atomic mass is 9.98. The van der Waals surface area contributed by atoms with E-state index < -0.39 is 30.2 Å². The lowest BCUT2D eigenvalue weighted by Crippen LogP contribution is -2.67. The highest BCUT2D eigenvalue weighted by atomic mass is 32.2. The van der Waals surface area contributed by atoms with Gasteiger partial charge in [-0.3, -0.25) is 14.5 Å². The zero-order valence-corrected chi connectivity index (χ0v) is 16.4. The van der Waals surface area contributed by atoms with Gasteiger partial charge in [0.1, 0.15) is 17.1 Å². The van der Waals surface area contributed by atoms with Crippen LogP contribution in [0.1, 0.15) is 27.7 Å². The molecule has 2 N–H and O–H groups in total. The standard InChI is InChI=1S/C17H22N4O5S/c1-9-7-27-13-10(20-16-18-5-6-19-16)12(22)21(13)11(9)14(23)25-8-26-15(24)17(2,3)4/h5-6,10,13H,7-8H2,1-4H3,(H2,18,19,20)/t10?,13-/m0/s1. The van der Waals surface area contributed by atoms with Gasteiger partial charge < -0.3 is 19.8 Å². The third kappa shape index (κ3) is 3.80. The summed E-state index contributed by atoms with van der Waals surface area (Å²) in [4.78, 5) is 45.2. The van der Waals surface area contributed by atoms with Gasteiger partial charge in [0.2, 0.25) is 12.7 Å². The third-order valence-electron chi connectivity index (χ3n) is 4.14. The number of aromatic amines is 1. The molecule has 146 valence electrons. The van der Waals surface area contributed by atoms with E-state index in [4.69, 9.17) is 9.47 Å². The fourth-order valence-electron chi connectivity index (χ4n) is 2.68. The smallest absolute Gasteiger partial charge is 0.357 e. The summed E-state index contributed by atoms with van der Waals surface area (Å²) in [5, 5.41) is 2.80. The van der Waals surface area contributed by atoms with Crippen LogP contribution in [0.4, 0.5) is 5.95 Å². The minimum atomic E-state index is -0.688. The molecular weight excluding hydrogens is 372 g/mol. The van der Waals surface area contributed by atoms with E-state index in [-0.39, 0.29) is 17.0 Å². The van der Waals surface area contributed by atoms with Gasteiger partial charge in [-0.25, -0.2) is 9.78 Å². The number of β-lactam (4-membered cyclic amide) rings is 1. The van der Waals surface area contributed by atoms with Gasteiger partial charge in [0.15, 0.2) is 0 Å². The van der Waals surface area contributed by atoms with Crippen molar-refractivity contribution in [1.29, 1.82) is 0 Å². The van der Waals surface area contributed by atoms with Crippen LogP contribution in [-0.2, 0) is 23.9 Å². The number of nitrogens with zero attached hydrogens (tertiary/aromatic N) is 2. The zero-order valence-electron chi connectivity index (χ0n) is 15.6. The Bertz CT molecular complexity index is 784. The number of imidazole rings is 1. The van der Waals surface area contributed by atoms with Crippen molar-refractivity contribution in [3.63, 3.8) is 0 Å². The van der Waals surface area contributed by atoms with Crippen LogP contribution < -0.4 is 5.32 Å². The van der Waals surface area contributed by atoms with Crippen molar-refractivity contribution >= 4 is 35.6 Å². The van der Waals surface area contributed by atoms with Crippen molar-refractivity contribution in [2.75, 3.05) is 17.9 Å². The normalized spacial score (nSPS) is 22.1. The topological polar surface area (TPSA) is 114 Å². The molecule has 10 heteroatoms. The van der Waals surface area contributed by atoms with Gasteiger partial charge >= 0.3 is 11.9 Å². The number of hydrogen-bond acceptors (Lipinski definition) is 8. The molecule has 1 fully saturated rings. The molecule has 27 heavy (non-hydrogen) atoms. The molecule has 0 bridgehead atoms. The molecule has 1 aromatic rings. The SMILES string of the molecule is CC1=C(C(=O)OCOC(=O)C(C)(C)C)N2C(=O)C(Nc3ncc[nH]3)[C@@H]2SC1. The largest absolute Gasteiger partial charge is 0.427 e. The Balaban J connectivity index is 1.62. The molecule has 0 saturated carbocycles. The van der Waals surface area contributed by atoms with Crippen molar-refractivity contribution < 1.29 is 23.9 Å². The van der Waals surface area contributed by atoms with Gasteiger partial charge in [-0.15, -0.1) is 11.8 Å². The predicted molar refractivity (Wildman–Crippen MR) is 98.3 cm³/mol. The molecule has 3 rings (SSSR count). The maximum Gasteiger partial charge on any atom is 0.357 e. The average molecular weight is 394 g/mol. The Labute approximate surface area is 160 Å². The van der Waals surface area contributed by atoms with Gasteiger partial charge in [-0.1, -0.05) is 0 Å². The first-order valence-electron chi connectivity index (χ1n) is 8.45. The molecule has 1 unspecified atom stereocenters. The second-order valence-electron chi connectivity index (χ2n) is 7.33. The van der Waals surface area contributed by atoms with Crippen molar-refractivity contribution in [3.8, 4) is 0 Å². The van der Waals surface area contributed by atoms with Gasteiger partial charge in [0.25, 0.3) is 5.91 Å². The third-order valence-corrected chi connectivity index (χ3v) is 5.56. The summed E-state index contributed by atoms with van der Waals surface area (Å²) < 4.78 is 10.0. The van der Waals surface area contributed by atoms with Gasteiger partial charge in [0.05, 0.1) is 5.41 Å². The number of nitrogens with one attached hydrogen (secondary N) is 2. The van der Waals surface area contributed by atoms with Crippen LogP contribution in [0.3, 0.4) is 0 Å². The highest BCUT2D eigenvalue weighted by molar-refractivity contribution is 8.00. The van der Waals surface area contributed by atoms with Crippen LogP contribution in [-0.4, -0.2) is 56.7 Å². The van der Waals surface area contributed by atoms with Crippen LogP contribution in [0.2, 0.25) is 0 Å². The fourth-order valence-corrected chi connectivity index (χ4v) is 3.97. The van der Waals surface area contributed by atoms with Crippen LogP contribution in [0.5, 0.6) is 0 Å². The molecule has 0 aliphatic carbocycles. The molecule has 1 aromatic heterocycles. The molecule has 3 heterocycles. The second-order valence-corrected chi connectivity index (χ2v) is 8.43. The summed E-state index contributed by atoms with van der Waals surface area (Å²) in [5.74, 6) is -0.290. The first kappa shape index (κ1) is 19.3. The van der Waals surface area contributed by atoms with Gasteiger partial charge in [0, 0.05) is 18.1 Å². The van der Waals surface area contributed by atoms with Crippen LogP contribution in [0.25, 0.3) is 0 Å². The number of esters is 2. The maximum atomic E-state index is 12.6. The number of rotatable bonds is 5. The number of anilines is 1. The van der Waals surface area contributed by atoms with Crippen LogP contribution >= 0.6 is 11.8 Å². The quantitative estimate of drug-likeness (QED) is 0.438. The summed E-state index contributed by atoms with van der Waals surface area (Å²) in [6, 6.07) is -0.476. The molecule has 2 aliphatic heterocycles. The van der Waals surface area contributed by atoms with Gasteiger partial charge in [-0.05, 0) is 33.3 Å². The molecule has 1 amide bonds. The number of hydrogen-bond donors (Lipinski definition) is 2. The lowest BCUT2D eigenvalue weighted by molar-refractivity contribution is -0.173. The molecule has 1 saturated heterocycles. The van der Waals surface area contributed by atoms with Crippen molar-refractivity contribution in [2.24, 2.45) is 5.41 Å². The van der Waals surface area contributed by atoms with E-state index in [2.05, 4.69) is 15.3 Å². The molecule has 0 aromatic carbocycles. The maximum absolute atomic E-state index is 12.6. The van der Waals surface area contributed by atoms with Crippen molar-refractivity contribution in [3.05, 3.63) is 23.7 Å². The number of thioether (sulfide) groups is 1. The summed E-state index contributed by atoms with van der Waals surface area (Å²) in [7, 11) is 0. The average Bonchev–Trinajstić information content (AvgIpc) is 3.11. The number of aromatic nitrogens is 2. The van der Waals surface area contributed by atoms with Crippen molar-refractivity contribution in [2.45, 2.75) is 39.1 Å². The number of amides is 1. The number of carbonyl (C=O) groups excluding carboxylic acids is 3. The Morgan fingerprint density at radius 3 is 2.78 bits per heavy atom. The number of ether oxygens (including phenoxy) is 2. The second kappa shape index (κ2) is 7.26. The van der Waals surface area contributed by atoms with Crippen LogP contribution in [0, 0.1) is 5.41 Å². The highest BCUT2D eigenvalue weighted by Crippen LogP contribution is 2.41. The molecule has 0 spiro atoms. The van der Waals surface area contributed by atoms with E-state index >= 15 is 0 Å². The summed E-state index contributed by atoms with van der Waals surface area (Å²) in [6.07, 6.45) is 3.24. The molecule has 2 aliphatic rings. The van der Waals surface area contributed by atoms with E-state index in [1.54, 1.807) is 51.9 Å². The summed E-state index contributed by atoms with van der Waals surface area (Å²) >= 11 is 1.56. The Kier molecular flexibility index (Phi) is 5.18. The minimum Gasteiger partial charge on any atom is -0.427 e. The van der Waals surface area contributed by atoms with Crippen LogP contribution in [0.15, 0.2) is 23.7 Å². The highest BCUT2D eigenvalue weighted by Gasteiger charge is 2.53. The summed E-state index contributed by atoms with van der Waals surface area (Å²) in [5.41, 5.74) is 0.271. The predicted octanol–water partition coefficient (Wildman–Crippen LogP) is 1.47.